The van der Waals surface area contributed by atoms with Crippen LogP contribution in [0.25, 0.3) is 11.6 Å². The quantitative estimate of drug-likeness (QED) is 0.119. The first kappa shape index (κ1) is 39.7. The van der Waals surface area contributed by atoms with Gasteiger partial charge in [-0.05, 0) is 87.4 Å². The lowest BCUT2D eigenvalue weighted by Gasteiger charge is -2.20. The predicted molar refractivity (Wildman–Crippen MR) is 195 cm³/mol. The molecule has 0 unspecified atom stereocenters. The second kappa shape index (κ2) is 17.4. The number of nitrogens with two attached hydrogens (primary N) is 1. The van der Waals surface area contributed by atoms with Gasteiger partial charge in [0.15, 0.2) is 0 Å². The van der Waals surface area contributed by atoms with Crippen LogP contribution in [0, 0.1) is 19.7 Å². The number of aromatic amines is 1. The number of hydrogen-bond acceptors (Lipinski definition) is 9. The summed E-state index contributed by atoms with van der Waals surface area (Å²) in [6.45, 7) is 10.3. The van der Waals surface area contributed by atoms with Gasteiger partial charge >= 0.3 is 16.2 Å². The molecule has 280 valence electrons. The Morgan fingerprint density at radius 3 is 2.40 bits per heavy atom. The Balaban J connectivity index is 1.52. The second-order valence-electron chi connectivity index (χ2n) is 12.0. The van der Waals surface area contributed by atoms with E-state index in [0.29, 0.717) is 46.3 Å². The van der Waals surface area contributed by atoms with Gasteiger partial charge in [0.2, 0.25) is 5.91 Å². The van der Waals surface area contributed by atoms with Gasteiger partial charge in [-0.15, -0.1) is 0 Å². The highest BCUT2D eigenvalue weighted by Gasteiger charge is 2.39. The zero-order chi connectivity index (χ0) is 38.2. The molecule has 1 aliphatic rings. The molecule has 0 spiro atoms. The van der Waals surface area contributed by atoms with E-state index in [-0.39, 0.29) is 42.2 Å². The Hall–Kier alpha value is -5.10. The van der Waals surface area contributed by atoms with E-state index in [1.807, 2.05) is 13.8 Å². The summed E-state index contributed by atoms with van der Waals surface area (Å²) in [4.78, 5) is 59.1. The summed E-state index contributed by atoms with van der Waals surface area (Å²) in [5, 5.41) is 5.54. The number of anilines is 1. The average Bonchev–Trinajstić information content (AvgIpc) is 3.55. The smallest absolute Gasteiger partial charge is 0.343 e. The highest BCUT2D eigenvalue weighted by Crippen LogP contribution is 2.39. The molecule has 52 heavy (non-hydrogen) atoms. The van der Waals surface area contributed by atoms with Gasteiger partial charge in [0.05, 0.1) is 23.9 Å². The molecule has 5 amide bonds. The van der Waals surface area contributed by atoms with E-state index in [2.05, 4.69) is 25.2 Å². The van der Waals surface area contributed by atoms with Crippen molar-refractivity contribution in [2.75, 3.05) is 44.7 Å². The first-order chi connectivity index (χ1) is 24.7. The third-order valence-corrected chi connectivity index (χ3v) is 9.68. The van der Waals surface area contributed by atoms with Gasteiger partial charge in [-0.3, -0.25) is 14.4 Å². The summed E-state index contributed by atoms with van der Waals surface area (Å²) in [6.07, 6.45) is 1.28. The summed E-state index contributed by atoms with van der Waals surface area (Å²) in [5.41, 5.74) is 7.98. The fourth-order valence-electron chi connectivity index (χ4n) is 5.81. The van der Waals surface area contributed by atoms with E-state index in [1.165, 1.54) is 19.3 Å². The van der Waals surface area contributed by atoms with Crippen molar-refractivity contribution < 1.29 is 36.7 Å². The number of rotatable bonds is 16. The molecule has 0 saturated carbocycles. The van der Waals surface area contributed by atoms with Crippen LogP contribution in [-0.4, -0.2) is 87.9 Å². The number of ether oxygens (including phenoxy) is 1. The molecule has 0 radical (unpaired) electrons. The third-order valence-electron chi connectivity index (χ3n) is 8.64. The number of aromatic nitrogens is 1. The number of likely N-dealkylation sites (N-methyl/N-ethyl adjacent to an activating group) is 1. The number of H-pyrrole nitrogens is 1. The topological polar surface area (TPSA) is 208 Å². The SMILES string of the molecule is CCN(CC)CCNC(=O)c1c(C)[nH]c(/C=C2\C(=O)N(C(=O)NS(=O)(=O)N[C@@H](CCN)C(=O)NCc3ccc(OC)cc3)c3ccc(F)cc32)c1C. The number of carbonyl (C=O) groups is 4. The highest BCUT2D eigenvalue weighted by molar-refractivity contribution is 7.88. The first-order valence-electron chi connectivity index (χ1n) is 16.7. The summed E-state index contributed by atoms with van der Waals surface area (Å²) in [6, 6.07) is 7.39. The van der Waals surface area contributed by atoms with Crippen molar-refractivity contribution in [3.8, 4) is 5.75 Å². The molecule has 2 heterocycles. The molecule has 0 aliphatic carbocycles. The lowest BCUT2D eigenvalue weighted by Crippen LogP contribution is -2.54. The highest BCUT2D eigenvalue weighted by atomic mass is 32.2. The summed E-state index contributed by atoms with van der Waals surface area (Å²) >= 11 is 0. The zero-order valence-electron chi connectivity index (χ0n) is 29.8. The number of hydrogen-bond donors (Lipinski definition) is 6. The molecule has 4 rings (SSSR count). The van der Waals surface area contributed by atoms with Crippen LogP contribution in [0.15, 0.2) is 42.5 Å². The van der Waals surface area contributed by atoms with Gasteiger partial charge in [0, 0.05) is 36.6 Å². The van der Waals surface area contributed by atoms with Crippen molar-refractivity contribution in [3.05, 3.63) is 81.9 Å². The number of nitrogens with one attached hydrogen (secondary N) is 5. The van der Waals surface area contributed by atoms with Crippen molar-refractivity contribution in [1.29, 1.82) is 0 Å². The molecule has 17 heteroatoms. The van der Waals surface area contributed by atoms with Crippen LogP contribution in [0.1, 0.15) is 58.7 Å². The molecular formula is C35H45FN8O7S. The van der Waals surface area contributed by atoms with E-state index in [9.17, 15) is 32.0 Å². The Kier molecular flexibility index (Phi) is 13.3. The Labute approximate surface area is 302 Å². The van der Waals surface area contributed by atoms with Crippen LogP contribution in [0.3, 0.4) is 0 Å². The Bertz CT molecular complexity index is 1940. The van der Waals surface area contributed by atoms with Crippen molar-refractivity contribution in [2.45, 2.75) is 46.7 Å². The largest absolute Gasteiger partial charge is 0.497 e. The molecule has 0 saturated heterocycles. The molecule has 3 aromatic rings. The summed E-state index contributed by atoms with van der Waals surface area (Å²) in [5.74, 6) is -2.03. The molecule has 15 nitrogen and oxygen atoms in total. The van der Waals surface area contributed by atoms with Crippen LogP contribution < -0.4 is 35.4 Å². The van der Waals surface area contributed by atoms with Gasteiger partial charge < -0.3 is 31.0 Å². The zero-order valence-corrected chi connectivity index (χ0v) is 30.6. The Morgan fingerprint density at radius 1 is 1.08 bits per heavy atom. The Morgan fingerprint density at radius 2 is 1.77 bits per heavy atom. The number of halogens is 1. The fraction of sp³-hybridized carbons (Fsp3) is 0.371. The van der Waals surface area contributed by atoms with Crippen molar-refractivity contribution >= 4 is 51.3 Å². The third kappa shape index (κ3) is 9.41. The van der Waals surface area contributed by atoms with E-state index >= 15 is 0 Å². The monoisotopic (exact) mass is 740 g/mol. The van der Waals surface area contributed by atoms with Crippen molar-refractivity contribution in [1.82, 2.24) is 30.0 Å². The number of aryl methyl sites for hydroxylation is 1. The van der Waals surface area contributed by atoms with Crippen LogP contribution in [0.5, 0.6) is 5.75 Å². The summed E-state index contributed by atoms with van der Waals surface area (Å²) in [7, 11) is -3.23. The van der Waals surface area contributed by atoms with Gasteiger partial charge in [0.1, 0.15) is 17.6 Å². The van der Waals surface area contributed by atoms with Crippen molar-refractivity contribution in [2.24, 2.45) is 5.73 Å². The number of methoxy groups -OCH3 is 1. The van der Waals surface area contributed by atoms with Crippen LogP contribution >= 0.6 is 0 Å². The molecule has 7 N–H and O–H groups in total. The maximum absolute atomic E-state index is 14.5. The fourth-order valence-corrected chi connectivity index (χ4v) is 6.79. The minimum absolute atomic E-state index is 0.0290. The number of benzene rings is 2. The van der Waals surface area contributed by atoms with Gasteiger partial charge in [-0.25, -0.2) is 18.8 Å². The standard InChI is InChI=1S/C35H45FN8O7S/c1-6-43(7-2)17-16-38-33(46)31-21(3)29(40-22(31)4)19-27-26-18-24(36)10-13-30(26)44(34(27)47)35(48)42-52(49,50)41-28(14-15-37)32(45)39-20-23-8-11-25(51-5)12-9-23/h8-13,18-19,28,40-41H,6-7,14-17,20,37H2,1-5H3,(H,38,46)(H,39,45)(H,42,48)/b27-19-/t28-/m0/s1. The van der Waals surface area contributed by atoms with Crippen LogP contribution in [-0.2, 0) is 26.3 Å². The molecule has 1 aromatic heterocycles. The average molecular weight is 741 g/mol. The molecular weight excluding hydrogens is 695 g/mol. The summed E-state index contributed by atoms with van der Waals surface area (Å²) < 4.78 is 49.8. The number of amides is 5. The van der Waals surface area contributed by atoms with Crippen LogP contribution in [0.2, 0.25) is 0 Å². The minimum atomic E-state index is -4.75. The number of nitrogens with zero attached hydrogens (tertiary/aromatic N) is 2. The molecule has 2 aromatic carbocycles. The van der Waals surface area contributed by atoms with E-state index in [4.69, 9.17) is 10.5 Å². The maximum Gasteiger partial charge on any atom is 0.343 e. The molecule has 1 atom stereocenters. The first-order valence-corrected chi connectivity index (χ1v) is 18.2. The van der Waals surface area contributed by atoms with Gasteiger partial charge in [-0.1, -0.05) is 26.0 Å². The lowest BCUT2D eigenvalue weighted by atomic mass is 10.0. The lowest BCUT2D eigenvalue weighted by molar-refractivity contribution is -0.123. The molecule has 1 aliphatic heterocycles. The van der Waals surface area contributed by atoms with Gasteiger partial charge in [-0.2, -0.15) is 13.1 Å². The number of carbonyl (C=O) groups excluding carboxylic acids is 4. The van der Waals surface area contributed by atoms with E-state index in [0.717, 1.165) is 30.8 Å². The minimum Gasteiger partial charge on any atom is -0.497 e. The normalized spacial score (nSPS) is 14.0. The van der Waals surface area contributed by atoms with Crippen LogP contribution in [0.4, 0.5) is 14.9 Å². The van der Waals surface area contributed by atoms with E-state index in [1.54, 1.807) is 42.8 Å². The number of fused-ring (bicyclic) bond motifs is 1. The van der Waals surface area contributed by atoms with Crippen molar-refractivity contribution in [3.63, 3.8) is 0 Å². The predicted octanol–water partition coefficient (Wildman–Crippen LogP) is 2.32. The molecule has 0 bridgehead atoms. The second-order valence-corrected chi connectivity index (χ2v) is 13.5. The van der Waals surface area contributed by atoms with E-state index < -0.39 is 39.9 Å². The van der Waals surface area contributed by atoms with Gasteiger partial charge in [0.25, 0.3) is 11.8 Å². The number of urea groups is 1. The number of imide groups is 1. The maximum atomic E-state index is 14.5. The molecule has 0 fully saturated rings.